The SMILES string of the molecule is CCC(Sc1nc2c(cc1C#N)CC(C)CC2)C(=O)N1c2ccccc2CCc2ccccc21. The molecule has 34 heavy (non-hydrogen) atoms. The van der Waals surface area contributed by atoms with E-state index < -0.39 is 0 Å². The largest absolute Gasteiger partial charge is 0.280 e. The number of carbonyl (C=O) groups is 1. The summed E-state index contributed by atoms with van der Waals surface area (Å²) in [4.78, 5) is 21.0. The third kappa shape index (κ3) is 4.23. The first-order valence-electron chi connectivity index (χ1n) is 12.2. The number of rotatable bonds is 4. The summed E-state index contributed by atoms with van der Waals surface area (Å²) in [6.45, 7) is 4.29. The zero-order valence-electron chi connectivity index (χ0n) is 19.8. The van der Waals surface area contributed by atoms with Crippen molar-refractivity contribution in [2.75, 3.05) is 4.90 Å². The van der Waals surface area contributed by atoms with Gasteiger partial charge >= 0.3 is 0 Å². The molecule has 0 N–H and O–H groups in total. The number of benzene rings is 2. The molecule has 1 aromatic heterocycles. The number of amides is 1. The van der Waals surface area contributed by atoms with Crippen molar-refractivity contribution in [3.63, 3.8) is 0 Å². The highest BCUT2D eigenvalue weighted by Crippen LogP contribution is 2.39. The standard InChI is InChI=1S/C29H29N3OS/c1-3-27(34-28-23(18-30)17-22-16-19(2)12-15-24(22)31-28)29(33)32-25-10-6-4-8-20(25)13-14-21-9-5-7-11-26(21)32/h4-11,17,19,27H,3,12-16H2,1-2H3. The van der Waals surface area contributed by atoms with Crippen LogP contribution in [-0.2, 0) is 30.5 Å². The molecule has 0 saturated heterocycles. The lowest BCUT2D eigenvalue weighted by Gasteiger charge is -2.29. The molecule has 2 atom stereocenters. The van der Waals surface area contributed by atoms with E-state index in [-0.39, 0.29) is 11.2 Å². The molecule has 2 aliphatic rings. The Balaban J connectivity index is 1.52. The molecule has 2 unspecified atom stereocenters. The zero-order valence-corrected chi connectivity index (χ0v) is 20.6. The fourth-order valence-electron chi connectivity index (χ4n) is 5.10. The van der Waals surface area contributed by atoms with Gasteiger partial charge in [0, 0.05) is 5.69 Å². The van der Waals surface area contributed by atoms with Crippen LogP contribution in [0.15, 0.2) is 59.6 Å². The molecule has 2 aromatic carbocycles. The van der Waals surface area contributed by atoms with Gasteiger partial charge in [-0.05, 0) is 79.3 Å². The number of aromatic nitrogens is 1. The minimum absolute atomic E-state index is 0.0475. The highest BCUT2D eigenvalue weighted by Gasteiger charge is 2.32. The van der Waals surface area contributed by atoms with Gasteiger partial charge in [0.1, 0.15) is 11.1 Å². The van der Waals surface area contributed by atoms with Crippen molar-refractivity contribution in [1.29, 1.82) is 5.26 Å². The van der Waals surface area contributed by atoms with Crippen LogP contribution >= 0.6 is 11.8 Å². The monoisotopic (exact) mass is 467 g/mol. The maximum atomic E-state index is 14.1. The maximum Gasteiger partial charge on any atom is 0.245 e. The van der Waals surface area contributed by atoms with Crippen molar-refractivity contribution >= 4 is 29.0 Å². The van der Waals surface area contributed by atoms with Crippen molar-refractivity contribution < 1.29 is 4.79 Å². The molecule has 172 valence electrons. The number of thioether (sulfide) groups is 1. The van der Waals surface area contributed by atoms with Gasteiger partial charge in [0.15, 0.2) is 0 Å². The molecule has 2 heterocycles. The fraction of sp³-hybridized carbons (Fsp3) is 0.345. The summed E-state index contributed by atoms with van der Waals surface area (Å²) in [6, 6.07) is 20.8. The Hall–Kier alpha value is -3.10. The highest BCUT2D eigenvalue weighted by atomic mass is 32.2. The van der Waals surface area contributed by atoms with Crippen molar-refractivity contribution in [1.82, 2.24) is 4.98 Å². The summed E-state index contributed by atoms with van der Waals surface area (Å²) in [7, 11) is 0. The van der Waals surface area contributed by atoms with Gasteiger partial charge in [-0.2, -0.15) is 5.26 Å². The summed E-state index contributed by atoms with van der Waals surface area (Å²) in [5.41, 5.74) is 7.16. The predicted octanol–water partition coefficient (Wildman–Crippen LogP) is 6.41. The van der Waals surface area contributed by atoms with Crippen molar-refractivity contribution in [3.8, 4) is 6.07 Å². The molecule has 1 aliphatic carbocycles. The van der Waals surface area contributed by atoms with Gasteiger partial charge in [-0.1, -0.05) is 62.0 Å². The van der Waals surface area contributed by atoms with Gasteiger partial charge in [-0.15, -0.1) is 0 Å². The van der Waals surface area contributed by atoms with E-state index >= 15 is 0 Å². The smallest absolute Gasteiger partial charge is 0.245 e. The molecule has 5 heteroatoms. The topological polar surface area (TPSA) is 57.0 Å². The van der Waals surface area contributed by atoms with Crippen LogP contribution < -0.4 is 4.90 Å². The number of carbonyl (C=O) groups excluding carboxylic acids is 1. The van der Waals surface area contributed by atoms with Crippen molar-refractivity contribution in [3.05, 3.63) is 82.5 Å². The molecule has 0 spiro atoms. The van der Waals surface area contributed by atoms with E-state index in [1.807, 2.05) is 54.3 Å². The predicted molar refractivity (Wildman–Crippen MR) is 138 cm³/mol. The summed E-state index contributed by atoms with van der Waals surface area (Å²) in [6.07, 6.45) is 5.50. The molecule has 0 fully saturated rings. The number of aryl methyl sites for hydroxylation is 3. The Morgan fingerprint density at radius 1 is 1.09 bits per heavy atom. The quantitative estimate of drug-likeness (QED) is 0.416. The first-order chi connectivity index (χ1) is 16.6. The molecule has 0 radical (unpaired) electrons. The number of nitrogens with zero attached hydrogens (tertiary/aromatic N) is 3. The van der Waals surface area contributed by atoms with Gasteiger partial charge in [-0.25, -0.2) is 4.98 Å². The van der Waals surface area contributed by atoms with Crippen LogP contribution in [0.1, 0.15) is 54.6 Å². The van der Waals surface area contributed by atoms with Crippen LogP contribution in [-0.4, -0.2) is 16.1 Å². The average molecular weight is 468 g/mol. The first-order valence-corrected chi connectivity index (χ1v) is 13.1. The zero-order chi connectivity index (χ0) is 23.7. The molecule has 5 rings (SSSR count). The van der Waals surface area contributed by atoms with E-state index in [0.29, 0.717) is 22.9 Å². The summed E-state index contributed by atoms with van der Waals surface area (Å²) < 4.78 is 0. The van der Waals surface area contributed by atoms with Crippen LogP contribution in [0.2, 0.25) is 0 Å². The second kappa shape index (κ2) is 9.64. The van der Waals surface area contributed by atoms with E-state index in [0.717, 1.165) is 49.2 Å². The maximum absolute atomic E-state index is 14.1. The third-order valence-corrected chi connectivity index (χ3v) is 8.32. The Morgan fingerprint density at radius 3 is 2.35 bits per heavy atom. The second-order valence-corrected chi connectivity index (χ2v) is 10.5. The van der Waals surface area contributed by atoms with E-state index in [9.17, 15) is 10.1 Å². The molecular weight excluding hydrogens is 438 g/mol. The number of hydrogen-bond donors (Lipinski definition) is 0. The average Bonchev–Trinajstić information content (AvgIpc) is 3.03. The van der Waals surface area contributed by atoms with Crippen LogP contribution in [0.3, 0.4) is 0 Å². The first kappa shape index (κ1) is 22.7. The Morgan fingerprint density at radius 2 is 1.74 bits per heavy atom. The highest BCUT2D eigenvalue weighted by molar-refractivity contribution is 8.00. The number of pyridine rings is 1. The van der Waals surface area contributed by atoms with Gasteiger partial charge in [0.2, 0.25) is 5.91 Å². The van der Waals surface area contributed by atoms with Gasteiger partial charge in [-0.3, -0.25) is 9.69 Å². The fourth-order valence-corrected chi connectivity index (χ4v) is 6.14. The number of nitriles is 1. The number of fused-ring (bicyclic) bond motifs is 3. The second-order valence-electron chi connectivity index (χ2n) is 9.35. The van der Waals surface area contributed by atoms with Crippen LogP contribution in [0.5, 0.6) is 0 Å². The van der Waals surface area contributed by atoms with Crippen molar-refractivity contribution in [2.24, 2.45) is 5.92 Å². The van der Waals surface area contributed by atoms with E-state index in [1.54, 1.807) is 0 Å². The molecule has 1 aliphatic heterocycles. The summed E-state index contributed by atoms with van der Waals surface area (Å²) >= 11 is 1.45. The minimum Gasteiger partial charge on any atom is -0.280 e. The molecule has 0 saturated carbocycles. The molecule has 4 nitrogen and oxygen atoms in total. The molecule has 0 bridgehead atoms. The number of para-hydroxylation sites is 2. The normalized spacial score (nSPS) is 17.6. The summed E-state index contributed by atoms with van der Waals surface area (Å²) in [5, 5.41) is 10.2. The van der Waals surface area contributed by atoms with E-state index in [1.165, 1.54) is 28.5 Å². The number of anilines is 2. The minimum atomic E-state index is -0.334. The van der Waals surface area contributed by atoms with Gasteiger partial charge in [0.25, 0.3) is 0 Å². The van der Waals surface area contributed by atoms with Gasteiger partial charge < -0.3 is 0 Å². The molecule has 1 amide bonds. The van der Waals surface area contributed by atoms with Crippen LogP contribution in [0.4, 0.5) is 11.4 Å². The Labute approximate surface area is 206 Å². The van der Waals surface area contributed by atoms with Crippen molar-refractivity contribution in [2.45, 2.75) is 62.6 Å². The molecule has 3 aromatic rings. The Kier molecular flexibility index (Phi) is 6.43. The third-order valence-electron chi connectivity index (χ3n) is 6.97. The summed E-state index contributed by atoms with van der Waals surface area (Å²) in [5.74, 6) is 0.666. The van der Waals surface area contributed by atoms with Crippen LogP contribution in [0.25, 0.3) is 0 Å². The lowest BCUT2D eigenvalue weighted by molar-refractivity contribution is -0.117. The van der Waals surface area contributed by atoms with E-state index in [4.69, 9.17) is 4.98 Å². The number of hydrogen-bond acceptors (Lipinski definition) is 4. The van der Waals surface area contributed by atoms with E-state index in [2.05, 4.69) is 25.1 Å². The van der Waals surface area contributed by atoms with Gasteiger partial charge in [0.05, 0.1) is 22.2 Å². The van der Waals surface area contributed by atoms with Crippen LogP contribution in [0, 0.1) is 17.2 Å². The lowest BCUT2D eigenvalue weighted by atomic mass is 9.87. The Bertz CT molecular complexity index is 1230. The molecular formula is C29H29N3OS. The lowest BCUT2D eigenvalue weighted by Crippen LogP contribution is -2.34.